The summed E-state index contributed by atoms with van der Waals surface area (Å²) in [5.41, 5.74) is 0. The Kier molecular flexibility index (Phi) is 3.10. The van der Waals surface area contributed by atoms with Crippen LogP contribution >= 0.6 is 11.3 Å². The molecule has 1 aromatic rings. The van der Waals surface area contributed by atoms with E-state index in [0.29, 0.717) is 30.1 Å². The monoisotopic (exact) mass is 318 g/mol. The second kappa shape index (κ2) is 5.05. The van der Waals surface area contributed by atoms with Gasteiger partial charge < -0.3 is 15.0 Å². The van der Waals surface area contributed by atoms with Crippen LogP contribution in [0.25, 0.3) is 0 Å². The molecule has 5 heterocycles. The molecular weight excluding hydrogens is 296 g/mol. The minimum atomic E-state index is 0.239. The summed E-state index contributed by atoms with van der Waals surface area (Å²) in [5.74, 6) is 1.43. The molecule has 5 atom stereocenters. The molecule has 4 saturated heterocycles. The Morgan fingerprint density at radius 3 is 2.64 bits per heavy atom. The van der Waals surface area contributed by atoms with Crippen LogP contribution in [0.1, 0.15) is 46.3 Å². The maximum Gasteiger partial charge on any atom is 0.263 e. The predicted octanol–water partition coefficient (Wildman–Crippen LogP) is 2.42. The fraction of sp³-hybridized carbons (Fsp3) is 0.706. The average Bonchev–Trinajstić information content (AvgIpc) is 3.35. The predicted molar refractivity (Wildman–Crippen MR) is 85.1 cm³/mol. The van der Waals surface area contributed by atoms with E-state index < -0.39 is 0 Å². The van der Waals surface area contributed by atoms with Crippen molar-refractivity contribution in [2.24, 2.45) is 11.8 Å². The second-order valence-electron chi connectivity index (χ2n) is 7.18. The van der Waals surface area contributed by atoms with Crippen molar-refractivity contribution in [1.29, 1.82) is 0 Å². The average molecular weight is 318 g/mol. The van der Waals surface area contributed by atoms with Crippen LogP contribution < -0.4 is 5.32 Å². The Labute approximate surface area is 134 Å². The third-order valence-corrected chi connectivity index (χ3v) is 7.17. The zero-order valence-corrected chi connectivity index (χ0v) is 13.5. The van der Waals surface area contributed by atoms with Crippen molar-refractivity contribution in [2.75, 3.05) is 19.6 Å². The number of fused-ring (bicyclic) bond motifs is 5. The third-order valence-electron chi connectivity index (χ3n) is 5.98. The highest BCUT2D eigenvalue weighted by molar-refractivity contribution is 7.14. The highest BCUT2D eigenvalue weighted by atomic mass is 32.1. The normalized spacial score (nSPS) is 39.6. The van der Waals surface area contributed by atoms with E-state index in [1.165, 1.54) is 30.6 Å². The van der Waals surface area contributed by atoms with Gasteiger partial charge in [-0.2, -0.15) is 0 Å². The van der Waals surface area contributed by atoms with Crippen LogP contribution in [0.15, 0.2) is 12.1 Å². The summed E-state index contributed by atoms with van der Waals surface area (Å²) >= 11 is 1.69. The lowest BCUT2D eigenvalue weighted by atomic mass is 9.82. The maximum absolute atomic E-state index is 12.8. The van der Waals surface area contributed by atoms with Gasteiger partial charge in [0.2, 0.25) is 0 Å². The van der Waals surface area contributed by atoms with E-state index in [9.17, 15) is 4.79 Å². The van der Waals surface area contributed by atoms with Crippen LogP contribution in [-0.4, -0.2) is 42.6 Å². The molecule has 5 heteroatoms. The number of rotatable bonds is 2. The van der Waals surface area contributed by atoms with E-state index >= 15 is 0 Å². The summed E-state index contributed by atoms with van der Waals surface area (Å²) < 4.78 is 6.00. The molecule has 4 aliphatic heterocycles. The van der Waals surface area contributed by atoms with Crippen molar-refractivity contribution in [3.05, 3.63) is 21.9 Å². The van der Waals surface area contributed by atoms with Crippen molar-refractivity contribution in [1.82, 2.24) is 10.2 Å². The van der Waals surface area contributed by atoms with Crippen molar-refractivity contribution < 1.29 is 9.53 Å². The van der Waals surface area contributed by atoms with Crippen LogP contribution in [0.4, 0.5) is 0 Å². The van der Waals surface area contributed by atoms with E-state index in [4.69, 9.17) is 4.74 Å². The fourth-order valence-electron chi connectivity index (χ4n) is 4.86. The van der Waals surface area contributed by atoms with Gasteiger partial charge in [-0.25, -0.2) is 0 Å². The standard InChI is InChI=1S/C17H22N2O2S/c20-17(16-6-5-15(22-16)12-2-1-7-18-12)19-8-10-11(9-19)14-4-3-13(10)21-14/h5-6,10-14,18H,1-4,7-9H2/t10-,11+,12-,13+,14-/m1/s1. The number of hydrogen-bond donors (Lipinski definition) is 1. The van der Waals surface area contributed by atoms with Crippen molar-refractivity contribution >= 4 is 17.2 Å². The van der Waals surface area contributed by atoms with Gasteiger partial charge in [0.15, 0.2) is 0 Å². The Balaban J connectivity index is 1.31. The van der Waals surface area contributed by atoms with Crippen LogP contribution in [0.2, 0.25) is 0 Å². The van der Waals surface area contributed by atoms with E-state index in [0.717, 1.165) is 24.5 Å². The molecule has 4 fully saturated rings. The molecule has 5 rings (SSSR count). The van der Waals surface area contributed by atoms with E-state index in [-0.39, 0.29) is 5.91 Å². The quantitative estimate of drug-likeness (QED) is 0.910. The first kappa shape index (κ1) is 13.5. The first-order chi connectivity index (χ1) is 10.8. The molecule has 4 nitrogen and oxygen atoms in total. The van der Waals surface area contributed by atoms with E-state index in [2.05, 4.69) is 16.3 Å². The molecule has 0 aromatic carbocycles. The van der Waals surface area contributed by atoms with Crippen molar-refractivity contribution in [3.63, 3.8) is 0 Å². The van der Waals surface area contributed by atoms with Crippen molar-refractivity contribution in [2.45, 2.75) is 43.9 Å². The van der Waals surface area contributed by atoms with Crippen LogP contribution in [-0.2, 0) is 4.74 Å². The first-order valence-electron chi connectivity index (χ1n) is 8.57. The lowest BCUT2D eigenvalue weighted by molar-refractivity contribution is 0.0597. The number of amides is 1. The third kappa shape index (κ3) is 1.99. The Hall–Kier alpha value is -0.910. The maximum atomic E-state index is 12.8. The van der Waals surface area contributed by atoms with Crippen molar-refractivity contribution in [3.8, 4) is 0 Å². The lowest BCUT2D eigenvalue weighted by Gasteiger charge is -2.18. The minimum Gasteiger partial charge on any atom is -0.374 e. The molecule has 1 aromatic heterocycles. The van der Waals surface area contributed by atoms with Gasteiger partial charge in [0.1, 0.15) is 0 Å². The highest BCUT2D eigenvalue weighted by Crippen LogP contribution is 2.47. The van der Waals surface area contributed by atoms with Gasteiger partial charge in [0.05, 0.1) is 17.1 Å². The molecular formula is C17H22N2O2S. The molecule has 0 radical (unpaired) electrons. The number of carbonyl (C=O) groups is 1. The molecule has 1 N–H and O–H groups in total. The number of hydrogen-bond acceptors (Lipinski definition) is 4. The Bertz CT molecular complexity index is 577. The van der Waals surface area contributed by atoms with Gasteiger partial charge in [0.25, 0.3) is 5.91 Å². The molecule has 1 amide bonds. The van der Waals surface area contributed by atoms with E-state index in [1.807, 2.05) is 6.07 Å². The highest BCUT2D eigenvalue weighted by Gasteiger charge is 2.53. The molecule has 4 aliphatic rings. The summed E-state index contributed by atoms with van der Waals surface area (Å²) in [4.78, 5) is 17.1. The van der Waals surface area contributed by atoms with Crippen LogP contribution in [0.5, 0.6) is 0 Å². The summed E-state index contributed by atoms with van der Waals surface area (Å²) in [6.07, 6.45) is 5.69. The smallest absolute Gasteiger partial charge is 0.263 e. The fourth-order valence-corrected chi connectivity index (χ4v) is 5.95. The molecule has 118 valence electrons. The topological polar surface area (TPSA) is 41.6 Å². The molecule has 0 unspecified atom stereocenters. The Morgan fingerprint density at radius 2 is 1.95 bits per heavy atom. The molecule has 0 saturated carbocycles. The zero-order valence-electron chi connectivity index (χ0n) is 12.7. The van der Waals surface area contributed by atoms with Crippen LogP contribution in [0, 0.1) is 11.8 Å². The van der Waals surface area contributed by atoms with E-state index in [1.54, 1.807) is 11.3 Å². The second-order valence-corrected chi connectivity index (χ2v) is 8.29. The summed E-state index contributed by atoms with van der Waals surface area (Å²) in [6, 6.07) is 4.64. The van der Waals surface area contributed by atoms with Gasteiger partial charge in [-0.15, -0.1) is 11.3 Å². The van der Waals surface area contributed by atoms with Gasteiger partial charge in [-0.05, 0) is 44.4 Å². The lowest BCUT2D eigenvalue weighted by Crippen LogP contribution is -2.30. The number of thiophene rings is 1. The minimum absolute atomic E-state index is 0.239. The van der Waals surface area contributed by atoms with Gasteiger partial charge >= 0.3 is 0 Å². The van der Waals surface area contributed by atoms with Crippen LogP contribution in [0.3, 0.4) is 0 Å². The molecule has 0 spiro atoms. The number of ether oxygens (including phenoxy) is 1. The number of nitrogens with one attached hydrogen (secondary N) is 1. The number of carbonyl (C=O) groups excluding carboxylic acids is 1. The summed E-state index contributed by atoms with van der Waals surface area (Å²) in [7, 11) is 0. The van der Waals surface area contributed by atoms with Gasteiger partial charge in [0, 0.05) is 35.8 Å². The SMILES string of the molecule is O=C(c1ccc([C@H]2CCCN2)s1)N1C[C@@H]2[C@H](C1)[C@H]1CC[C@@H]2O1. The summed E-state index contributed by atoms with van der Waals surface area (Å²) in [6.45, 7) is 2.91. The number of likely N-dealkylation sites (tertiary alicyclic amines) is 1. The molecule has 2 bridgehead atoms. The summed E-state index contributed by atoms with van der Waals surface area (Å²) in [5, 5.41) is 3.52. The Morgan fingerprint density at radius 1 is 1.18 bits per heavy atom. The number of nitrogens with zero attached hydrogens (tertiary/aromatic N) is 1. The zero-order chi connectivity index (χ0) is 14.7. The molecule has 22 heavy (non-hydrogen) atoms. The van der Waals surface area contributed by atoms with Gasteiger partial charge in [-0.3, -0.25) is 4.79 Å². The molecule has 0 aliphatic carbocycles. The van der Waals surface area contributed by atoms with Gasteiger partial charge in [-0.1, -0.05) is 0 Å². The largest absolute Gasteiger partial charge is 0.374 e. The first-order valence-corrected chi connectivity index (χ1v) is 9.39.